The minimum absolute atomic E-state index is 0.0434. The first-order valence-electron chi connectivity index (χ1n) is 9.13. The van der Waals surface area contributed by atoms with Crippen LogP contribution in [0.1, 0.15) is 26.3 Å². The molecule has 0 unspecified atom stereocenters. The predicted molar refractivity (Wildman–Crippen MR) is 113 cm³/mol. The van der Waals surface area contributed by atoms with Gasteiger partial charge in [-0.05, 0) is 36.8 Å². The Morgan fingerprint density at radius 2 is 1.80 bits per heavy atom. The van der Waals surface area contributed by atoms with Crippen molar-refractivity contribution >= 4 is 29.0 Å². The van der Waals surface area contributed by atoms with Crippen LogP contribution >= 0.6 is 0 Å². The molecule has 2 aromatic carbocycles. The van der Waals surface area contributed by atoms with E-state index in [-0.39, 0.29) is 28.5 Å². The number of ether oxygens (including phenoxy) is 1. The van der Waals surface area contributed by atoms with Gasteiger partial charge in [-0.25, -0.2) is 9.37 Å². The lowest BCUT2D eigenvalue weighted by atomic mass is 10.1. The van der Waals surface area contributed by atoms with Crippen molar-refractivity contribution in [3.05, 3.63) is 77.2 Å². The molecule has 30 heavy (non-hydrogen) atoms. The van der Waals surface area contributed by atoms with Gasteiger partial charge in [0.2, 0.25) is 0 Å². The standard InChI is InChI=1S/C22H21FN4O3/c1-13-7-4-5-9-16(13)26-20-17(11-14(12-25-20)21(28)24-2)27-22(29)15-8-6-10-18(30-3)19(15)23/h4-12H,1-3H3,(H,24,28)(H,25,26)(H,27,29). The maximum atomic E-state index is 14.5. The number of pyridine rings is 1. The van der Waals surface area contributed by atoms with E-state index in [1.165, 1.54) is 44.6 Å². The molecule has 0 atom stereocenters. The number of rotatable bonds is 6. The molecule has 0 saturated heterocycles. The van der Waals surface area contributed by atoms with E-state index in [1.807, 2.05) is 31.2 Å². The fourth-order valence-electron chi connectivity index (χ4n) is 2.80. The molecule has 8 heteroatoms. The van der Waals surface area contributed by atoms with E-state index in [9.17, 15) is 14.0 Å². The number of amides is 2. The van der Waals surface area contributed by atoms with E-state index >= 15 is 0 Å². The zero-order valence-corrected chi connectivity index (χ0v) is 16.7. The molecule has 1 aromatic heterocycles. The summed E-state index contributed by atoms with van der Waals surface area (Å²) in [6.07, 6.45) is 1.39. The predicted octanol–water partition coefficient (Wildman–Crippen LogP) is 3.89. The van der Waals surface area contributed by atoms with Crippen molar-refractivity contribution in [2.75, 3.05) is 24.8 Å². The smallest absolute Gasteiger partial charge is 0.258 e. The Labute approximate surface area is 173 Å². The highest BCUT2D eigenvalue weighted by Crippen LogP contribution is 2.28. The zero-order valence-electron chi connectivity index (χ0n) is 16.7. The van der Waals surface area contributed by atoms with Gasteiger partial charge in [-0.1, -0.05) is 24.3 Å². The molecule has 0 radical (unpaired) electrons. The maximum absolute atomic E-state index is 14.5. The molecule has 0 spiro atoms. The van der Waals surface area contributed by atoms with Crippen molar-refractivity contribution in [3.8, 4) is 5.75 Å². The van der Waals surface area contributed by atoms with Crippen molar-refractivity contribution in [2.24, 2.45) is 0 Å². The number of benzene rings is 2. The lowest BCUT2D eigenvalue weighted by Crippen LogP contribution is -2.20. The number of carbonyl (C=O) groups excluding carboxylic acids is 2. The van der Waals surface area contributed by atoms with Gasteiger partial charge in [-0.3, -0.25) is 9.59 Å². The number of hydrogen-bond donors (Lipinski definition) is 3. The molecule has 1 heterocycles. The molecule has 0 aliphatic heterocycles. The minimum atomic E-state index is -0.777. The van der Waals surface area contributed by atoms with E-state index in [1.54, 1.807) is 0 Å². The Morgan fingerprint density at radius 1 is 1.03 bits per heavy atom. The second-order valence-electron chi connectivity index (χ2n) is 6.42. The maximum Gasteiger partial charge on any atom is 0.258 e. The Hall–Kier alpha value is -3.94. The van der Waals surface area contributed by atoms with E-state index < -0.39 is 11.7 Å². The van der Waals surface area contributed by atoms with Crippen LogP contribution in [0, 0.1) is 12.7 Å². The second-order valence-corrected chi connectivity index (χ2v) is 6.42. The van der Waals surface area contributed by atoms with E-state index in [4.69, 9.17) is 4.74 Å². The van der Waals surface area contributed by atoms with Gasteiger partial charge in [0.05, 0.1) is 23.9 Å². The van der Waals surface area contributed by atoms with Crippen molar-refractivity contribution in [3.63, 3.8) is 0 Å². The van der Waals surface area contributed by atoms with Crippen LogP contribution in [0.2, 0.25) is 0 Å². The van der Waals surface area contributed by atoms with Gasteiger partial charge in [0.1, 0.15) is 0 Å². The zero-order chi connectivity index (χ0) is 21.7. The van der Waals surface area contributed by atoms with E-state index in [2.05, 4.69) is 20.9 Å². The summed E-state index contributed by atoms with van der Waals surface area (Å²) in [7, 11) is 2.81. The number of aromatic nitrogens is 1. The Kier molecular flexibility index (Phi) is 6.26. The average Bonchev–Trinajstić information content (AvgIpc) is 2.75. The third-order valence-electron chi connectivity index (χ3n) is 4.45. The first kappa shape index (κ1) is 20.8. The third-order valence-corrected chi connectivity index (χ3v) is 4.45. The number of nitrogens with zero attached hydrogens (tertiary/aromatic N) is 1. The average molecular weight is 408 g/mol. The molecule has 0 fully saturated rings. The Morgan fingerprint density at radius 3 is 2.50 bits per heavy atom. The number of nitrogens with one attached hydrogen (secondary N) is 3. The number of anilines is 3. The fourth-order valence-corrected chi connectivity index (χ4v) is 2.80. The molecule has 0 saturated carbocycles. The fraction of sp³-hybridized carbons (Fsp3) is 0.136. The summed E-state index contributed by atoms with van der Waals surface area (Å²) in [5.41, 5.74) is 2.02. The first-order chi connectivity index (χ1) is 14.4. The normalized spacial score (nSPS) is 10.3. The number of carbonyl (C=O) groups is 2. The molecule has 3 rings (SSSR count). The topological polar surface area (TPSA) is 92.4 Å². The monoisotopic (exact) mass is 408 g/mol. The summed E-state index contributed by atoms with van der Waals surface area (Å²) in [6.45, 7) is 1.92. The summed E-state index contributed by atoms with van der Waals surface area (Å²) in [5, 5.41) is 8.29. The minimum Gasteiger partial charge on any atom is -0.494 e. The molecule has 7 nitrogen and oxygen atoms in total. The van der Waals surface area contributed by atoms with Crippen molar-refractivity contribution in [1.82, 2.24) is 10.3 Å². The number of para-hydroxylation sites is 1. The summed E-state index contributed by atoms with van der Waals surface area (Å²) in [5.74, 6) is -1.57. The van der Waals surface area contributed by atoms with Crippen LogP contribution in [0.5, 0.6) is 5.75 Å². The number of hydrogen-bond acceptors (Lipinski definition) is 5. The molecular weight excluding hydrogens is 387 g/mol. The Balaban J connectivity index is 1.99. The van der Waals surface area contributed by atoms with Gasteiger partial charge in [-0.2, -0.15) is 0 Å². The molecule has 0 aliphatic rings. The summed E-state index contributed by atoms with van der Waals surface area (Å²) in [6, 6.07) is 13.3. The highest BCUT2D eigenvalue weighted by molar-refractivity contribution is 6.07. The van der Waals surface area contributed by atoms with Crippen LogP contribution in [0.3, 0.4) is 0 Å². The number of methoxy groups -OCH3 is 1. The lowest BCUT2D eigenvalue weighted by Gasteiger charge is -2.15. The van der Waals surface area contributed by atoms with Crippen molar-refractivity contribution < 1.29 is 18.7 Å². The largest absolute Gasteiger partial charge is 0.494 e. The summed E-state index contributed by atoms with van der Waals surface area (Å²) >= 11 is 0. The third kappa shape index (κ3) is 4.38. The van der Waals surface area contributed by atoms with Gasteiger partial charge in [0.15, 0.2) is 17.4 Å². The molecule has 2 amide bonds. The van der Waals surface area contributed by atoms with Crippen molar-refractivity contribution in [1.29, 1.82) is 0 Å². The van der Waals surface area contributed by atoms with E-state index in [0.717, 1.165) is 11.3 Å². The van der Waals surface area contributed by atoms with Crippen LogP contribution in [-0.2, 0) is 0 Å². The van der Waals surface area contributed by atoms with Gasteiger partial charge in [0.25, 0.3) is 11.8 Å². The summed E-state index contributed by atoms with van der Waals surface area (Å²) in [4.78, 5) is 29.1. The van der Waals surface area contributed by atoms with E-state index in [0.29, 0.717) is 5.82 Å². The van der Waals surface area contributed by atoms with Gasteiger partial charge < -0.3 is 20.7 Å². The highest BCUT2D eigenvalue weighted by Gasteiger charge is 2.19. The molecule has 0 bridgehead atoms. The van der Waals surface area contributed by atoms with Crippen LogP contribution in [0.4, 0.5) is 21.6 Å². The van der Waals surface area contributed by atoms with Gasteiger partial charge in [0, 0.05) is 18.9 Å². The van der Waals surface area contributed by atoms with Crippen LogP contribution in [0.15, 0.2) is 54.7 Å². The van der Waals surface area contributed by atoms with Crippen molar-refractivity contribution in [2.45, 2.75) is 6.92 Å². The van der Waals surface area contributed by atoms with Crippen LogP contribution in [0.25, 0.3) is 0 Å². The number of aryl methyl sites for hydroxylation is 1. The molecule has 0 aliphatic carbocycles. The summed E-state index contributed by atoms with van der Waals surface area (Å²) < 4.78 is 19.4. The van der Waals surface area contributed by atoms with Gasteiger partial charge >= 0.3 is 0 Å². The van der Waals surface area contributed by atoms with Gasteiger partial charge in [-0.15, -0.1) is 0 Å². The molecular formula is C22H21FN4O3. The second kappa shape index (κ2) is 9.04. The SMILES string of the molecule is CNC(=O)c1cnc(Nc2ccccc2C)c(NC(=O)c2cccc(OC)c2F)c1. The number of halogens is 1. The molecule has 3 N–H and O–H groups in total. The first-order valence-corrected chi connectivity index (χ1v) is 9.13. The quantitative estimate of drug-likeness (QED) is 0.575. The Bertz CT molecular complexity index is 1100. The molecule has 154 valence electrons. The lowest BCUT2D eigenvalue weighted by molar-refractivity contribution is 0.0961. The molecule has 3 aromatic rings. The van der Waals surface area contributed by atoms with Crippen LogP contribution < -0.4 is 20.7 Å². The highest BCUT2D eigenvalue weighted by atomic mass is 19.1. The van der Waals surface area contributed by atoms with Crippen LogP contribution in [-0.4, -0.2) is 31.0 Å².